The summed E-state index contributed by atoms with van der Waals surface area (Å²) in [5.41, 5.74) is 13.6. The Morgan fingerprint density at radius 3 is 1.94 bits per heavy atom. The van der Waals surface area contributed by atoms with Crippen LogP contribution >= 0.6 is 0 Å². The second-order valence-electron chi connectivity index (χ2n) is 16.6. The van der Waals surface area contributed by atoms with E-state index in [0.717, 1.165) is 33.8 Å². The Balaban J connectivity index is 0.000000346. The molecule has 1 aliphatic carbocycles. The quantitative estimate of drug-likeness (QED) is 0.163. The fraction of sp³-hybridized carbons (Fsp3) is 0.306. The summed E-state index contributed by atoms with van der Waals surface area (Å²) in [5, 5.41) is 19.5. The summed E-state index contributed by atoms with van der Waals surface area (Å²) < 4.78 is 0. The number of aromatic nitrogens is 2. The van der Waals surface area contributed by atoms with E-state index in [9.17, 15) is 10.2 Å². The molecule has 4 aromatic carbocycles. The minimum absolute atomic E-state index is 0. The van der Waals surface area contributed by atoms with Gasteiger partial charge in [0.25, 0.3) is 0 Å². The molecular formula is C49H52IrN2O2-2. The van der Waals surface area contributed by atoms with Crippen LogP contribution in [0.15, 0.2) is 115 Å². The summed E-state index contributed by atoms with van der Waals surface area (Å²) in [6.07, 6.45) is 1.51. The molecule has 0 saturated carbocycles. The number of hydrogen-bond donors (Lipinski definition) is 2. The van der Waals surface area contributed by atoms with Crippen LogP contribution < -0.4 is 0 Å². The number of aryl methyl sites for hydroxylation is 3. The van der Waals surface area contributed by atoms with Crippen LogP contribution in [0.1, 0.15) is 87.2 Å². The minimum Gasteiger partial charge on any atom is -0.392 e. The van der Waals surface area contributed by atoms with Gasteiger partial charge in [-0.25, -0.2) is 0 Å². The van der Waals surface area contributed by atoms with Crippen molar-refractivity contribution in [1.29, 1.82) is 0 Å². The van der Waals surface area contributed by atoms with Crippen molar-refractivity contribution in [3.63, 3.8) is 0 Å². The van der Waals surface area contributed by atoms with Crippen LogP contribution in [0, 0.1) is 43.7 Å². The van der Waals surface area contributed by atoms with E-state index in [0.29, 0.717) is 6.42 Å². The van der Waals surface area contributed by atoms with E-state index < -0.39 is 17.6 Å². The van der Waals surface area contributed by atoms with Crippen molar-refractivity contribution in [2.45, 2.75) is 86.4 Å². The summed E-state index contributed by atoms with van der Waals surface area (Å²) >= 11 is 0. The molecule has 0 amide bonds. The van der Waals surface area contributed by atoms with Crippen molar-refractivity contribution < 1.29 is 30.3 Å². The number of aliphatic hydroxyl groups excluding tert-OH is 2. The molecule has 2 N–H and O–H groups in total. The smallest absolute Gasteiger partial charge is 0.0814 e. The monoisotopic (exact) mass is 893 g/mol. The summed E-state index contributed by atoms with van der Waals surface area (Å²) in [7, 11) is 0. The molecule has 3 atom stereocenters. The number of hydrogen-bond acceptors (Lipinski definition) is 4. The predicted octanol–water partition coefficient (Wildman–Crippen LogP) is 10.9. The van der Waals surface area contributed by atoms with Crippen LogP contribution in [-0.4, -0.2) is 32.4 Å². The summed E-state index contributed by atoms with van der Waals surface area (Å²) in [6, 6.07) is 45.1. The molecule has 1 aliphatic rings. The first-order valence-electron chi connectivity index (χ1n) is 18.6. The number of aliphatic hydroxyl groups is 2. The standard InChI is InChI=1S/C38H28N2.C11H24O2.Ir/c1-25-22-26(2)37(27(3)23-25)29-20-21-39-36(24-29)38(35-19-11-18-34(40-35)28-12-5-4-6-13-28)32-16-9-7-14-30(32)31-15-8-10-17-33(31)38;1-10(2,3)8(12)7-9(13)11(4,5)6;/h4-12,14-16,18-24H,1-3H3;8-9,12-13H,7H2,1-6H3;/q-2;;/t38-;;/m1../s1. The SMILES string of the molecule is CC(C)(C)C(O)CC(O)C(C)(C)C.Cc1cc(C)c(-c2ccnc([C@@]3(c4cccc(-c5[c-]cccc5)n4)c4[c-]cccc4-c4ccccc43)c2)c(C)c1.[Ir]. The number of rotatable bonds is 6. The second kappa shape index (κ2) is 16.2. The number of benzene rings is 4. The van der Waals surface area contributed by atoms with Crippen molar-refractivity contribution in [2.24, 2.45) is 10.8 Å². The van der Waals surface area contributed by atoms with E-state index in [4.69, 9.17) is 9.97 Å². The van der Waals surface area contributed by atoms with E-state index in [-0.39, 0.29) is 30.9 Å². The first-order chi connectivity index (χ1) is 25.1. The number of fused-ring (bicyclic) bond motifs is 3. The molecule has 2 unspecified atom stereocenters. The largest absolute Gasteiger partial charge is 0.392 e. The third-order valence-corrected chi connectivity index (χ3v) is 10.5. The van der Waals surface area contributed by atoms with Gasteiger partial charge in [-0.15, -0.1) is 47.0 Å². The van der Waals surface area contributed by atoms with Gasteiger partial charge in [0.1, 0.15) is 0 Å². The van der Waals surface area contributed by atoms with Gasteiger partial charge in [0.05, 0.1) is 23.3 Å². The van der Waals surface area contributed by atoms with Crippen molar-refractivity contribution in [3.8, 4) is 33.5 Å². The molecule has 2 heterocycles. The van der Waals surface area contributed by atoms with Gasteiger partial charge in [-0.3, -0.25) is 9.97 Å². The molecule has 0 bridgehead atoms. The maximum Gasteiger partial charge on any atom is 0.0814 e. The van der Waals surface area contributed by atoms with Crippen molar-refractivity contribution in [1.82, 2.24) is 9.97 Å². The maximum absolute atomic E-state index is 9.76. The average molecular weight is 893 g/mol. The fourth-order valence-electron chi connectivity index (χ4n) is 7.51. The second-order valence-corrected chi connectivity index (χ2v) is 16.6. The fourth-order valence-corrected chi connectivity index (χ4v) is 7.51. The molecule has 0 saturated heterocycles. The van der Waals surface area contributed by atoms with Crippen LogP contribution in [0.2, 0.25) is 0 Å². The molecule has 1 radical (unpaired) electrons. The Kier molecular flexibility index (Phi) is 12.3. The topological polar surface area (TPSA) is 66.2 Å². The van der Waals surface area contributed by atoms with Crippen molar-refractivity contribution in [3.05, 3.63) is 167 Å². The molecular weight excluding hydrogens is 841 g/mol. The molecule has 0 aliphatic heterocycles. The van der Waals surface area contributed by atoms with Gasteiger partial charge < -0.3 is 10.2 Å². The van der Waals surface area contributed by atoms with E-state index >= 15 is 0 Å². The van der Waals surface area contributed by atoms with Crippen LogP contribution in [0.5, 0.6) is 0 Å². The van der Waals surface area contributed by atoms with Gasteiger partial charge in [-0.2, -0.15) is 24.3 Å². The van der Waals surface area contributed by atoms with Crippen LogP contribution in [0.3, 0.4) is 0 Å². The summed E-state index contributed by atoms with van der Waals surface area (Å²) in [5.74, 6) is 0. The van der Waals surface area contributed by atoms with Gasteiger partial charge in [0.2, 0.25) is 0 Å². The summed E-state index contributed by atoms with van der Waals surface area (Å²) in [4.78, 5) is 10.4. The third-order valence-electron chi connectivity index (χ3n) is 10.5. The van der Waals surface area contributed by atoms with Crippen LogP contribution in [0.25, 0.3) is 33.5 Å². The minimum atomic E-state index is -0.722. The molecule has 6 aromatic rings. The molecule has 0 fully saturated rings. The van der Waals surface area contributed by atoms with Gasteiger partial charge >= 0.3 is 0 Å². The van der Waals surface area contributed by atoms with Gasteiger partial charge in [0.15, 0.2) is 0 Å². The van der Waals surface area contributed by atoms with Crippen molar-refractivity contribution >= 4 is 0 Å². The van der Waals surface area contributed by atoms with Crippen molar-refractivity contribution in [2.75, 3.05) is 0 Å². The molecule has 2 aromatic heterocycles. The molecule has 4 nitrogen and oxygen atoms in total. The van der Waals surface area contributed by atoms with Crippen LogP contribution in [0.4, 0.5) is 0 Å². The zero-order valence-electron chi connectivity index (χ0n) is 33.0. The zero-order chi connectivity index (χ0) is 38.1. The normalized spacial score (nSPS) is 15.9. The van der Waals surface area contributed by atoms with E-state index in [1.54, 1.807) is 0 Å². The Hall–Kier alpha value is -4.25. The number of pyridine rings is 2. The number of nitrogens with zero attached hydrogens (tertiary/aromatic N) is 2. The predicted molar refractivity (Wildman–Crippen MR) is 218 cm³/mol. The molecule has 281 valence electrons. The van der Waals surface area contributed by atoms with E-state index in [2.05, 4.69) is 118 Å². The van der Waals surface area contributed by atoms with Gasteiger partial charge in [-0.1, -0.05) is 101 Å². The first kappa shape index (κ1) is 40.9. The average Bonchev–Trinajstić information content (AvgIpc) is 3.42. The summed E-state index contributed by atoms with van der Waals surface area (Å²) in [6.45, 7) is 18.4. The molecule has 7 rings (SSSR count). The maximum atomic E-state index is 9.76. The van der Waals surface area contributed by atoms with Gasteiger partial charge in [-0.05, 0) is 83.3 Å². The first-order valence-corrected chi connectivity index (χ1v) is 18.6. The molecule has 0 spiro atoms. The zero-order valence-corrected chi connectivity index (χ0v) is 35.3. The Morgan fingerprint density at radius 1 is 0.667 bits per heavy atom. The van der Waals surface area contributed by atoms with Crippen LogP contribution in [-0.2, 0) is 25.5 Å². The third kappa shape index (κ3) is 8.07. The molecule has 5 heteroatoms. The molecule has 54 heavy (non-hydrogen) atoms. The Labute approximate surface area is 336 Å². The van der Waals surface area contributed by atoms with E-state index in [1.165, 1.54) is 38.9 Å². The Bertz CT molecular complexity index is 2130. The van der Waals surface area contributed by atoms with Gasteiger partial charge in [0, 0.05) is 38.4 Å². The van der Waals surface area contributed by atoms with E-state index in [1.807, 2.05) is 72.0 Å². The Morgan fingerprint density at radius 2 is 1.30 bits per heavy atom.